The average Bonchev–Trinajstić information content (AvgIpc) is 3.25. The number of aliphatic hydroxyl groups is 1. The molecule has 17 nitrogen and oxygen atoms in total. The first-order valence-corrected chi connectivity index (χ1v) is 21.8. The Hall–Kier alpha value is -4.16. The van der Waals surface area contributed by atoms with Crippen molar-refractivity contribution in [3.05, 3.63) is 29.8 Å². The van der Waals surface area contributed by atoms with Crippen molar-refractivity contribution in [3.63, 3.8) is 0 Å². The third-order valence-electron chi connectivity index (χ3n) is 7.65. The van der Waals surface area contributed by atoms with Crippen molar-refractivity contribution in [2.45, 2.75) is 125 Å². The van der Waals surface area contributed by atoms with Crippen LogP contribution in [0, 0.1) is 5.41 Å². The largest absolute Gasteiger partial charge is 0.494 e. The molecule has 0 spiro atoms. The first-order valence-electron chi connectivity index (χ1n) is 21.8. The minimum atomic E-state index is -0.923. The van der Waals surface area contributed by atoms with Crippen molar-refractivity contribution in [2.24, 2.45) is 0 Å². The van der Waals surface area contributed by atoms with Crippen molar-refractivity contribution in [3.8, 4) is 5.75 Å². The van der Waals surface area contributed by atoms with E-state index in [4.69, 9.17) is 39.3 Å². The van der Waals surface area contributed by atoms with Crippen LogP contribution in [0.25, 0.3) is 0 Å². The topological polar surface area (TPSA) is 244 Å². The number of carboxylic acid groups (broad SMARTS) is 1. The summed E-state index contributed by atoms with van der Waals surface area (Å²) in [5, 5.41) is 32.9. The molecule has 0 radical (unpaired) electrons. The quantitative estimate of drug-likeness (QED) is 0.0261. The molecule has 4 amide bonds. The number of carbonyl (C=O) groups is 5. The van der Waals surface area contributed by atoms with Crippen LogP contribution in [-0.2, 0) is 38.1 Å². The fraction of sp³-hybridized carbons (Fsp3) is 0.727. The highest BCUT2D eigenvalue weighted by molar-refractivity contribution is 5.87. The van der Waals surface area contributed by atoms with Gasteiger partial charge in [0.25, 0.3) is 0 Å². The number of rotatable bonds is 35. The highest BCUT2D eigenvalue weighted by atomic mass is 16.5. The van der Waals surface area contributed by atoms with Crippen molar-refractivity contribution in [1.29, 1.82) is 5.41 Å². The Morgan fingerprint density at radius 3 is 1.67 bits per heavy atom. The Bertz CT molecular complexity index is 1150. The summed E-state index contributed by atoms with van der Waals surface area (Å²) >= 11 is 0. The van der Waals surface area contributed by atoms with Crippen molar-refractivity contribution in [1.82, 2.24) is 21.3 Å². The molecule has 0 saturated heterocycles. The smallest absolute Gasteiger partial charge is 0.335 e. The lowest BCUT2D eigenvalue weighted by Gasteiger charge is -2.12. The van der Waals surface area contributed by atoms with Crippen LogP contribution in [0.15, 0.2) is 24.3 Å². The lowest BCUT2D eigenvalue weighted by molar-refractivity contribution is -0.127. The van der Waals surface area contributed by atoms with Crippen LogP contribution in [0.3, 0.4) is 0 Å². The van der Waals surface area contributed by atoms with Gasteiger partial charge in [-0.25, -0.2) is 4.79 Å². The Morgan fingerprint density at radius 2 is 1.16 bits per heavy atom. The third kappa shape index (κ3) is 51.9. The molecule has 7 N–H and O–H groups in total. The molecule has 0 aromatic heterocycles. The van der Waals surface area contributed by atoms with Gasteiger partial charge in [0.05, 0.1) is 51.8 Å². The van der Waals surface area contributed by atoms with E-state index in [0.717, 1.165) is 58.5 Å². The number of hydrogen-bond donors (Lipinski definition) is 7. The molecule has 0 aliphatic rings. The van der Waals surface area contributed by atoms with Gasteiger partial charge in [0.15, 0.2) is 0 Å². The van der Waals surface area contributed by atoms with E-state index in [1.165, 1.54) is 25.5 Å². The summed E-state index contributed by atoms with van der Waals surface area (Å²) in [6.45, 7) is 16.1. The van der Waals surface area contributed by atoms with E-state index in [0.29, 0.717) is 90.5 Å². The summed E-state index contributed by atoms with van der Waals surface area (Å²) in [5.74, 6) is -0.385. The molecule has 0 aliphatic heterocycles. The van der Waals surface area contributed by atoms with Gasteiger partial charge in [-0.1, -0.05) is 72.6 Å². The highest BCUT2D eigenvalue weighted by Crippen LogP contribution is 2.14. The van der Waals surface area contributed by atoms with Gasteiger partial charge in [-0.15, -0.1) is 0 Å². The Balaban J connectivity index is -0.000000464. The SMILES string of the molecule is CC.CC=N.CCCCNC(=O)COCCOCCNC(=O)COCCOCCNC=O.CCC[C@@H](C)NC(=O)CCCCCCCCCOc1ccc(C(=O)O)cc1.CO. The van der Waals surface area contributed by atoms with Gasteiger partial charge in [-0.2, -0.15) is 0 Å². The summed E-state index contributed by atoms with van der Waals surface area (Å²) in [5.41, 5.74) is 0.273. The Morgan fingerprint density at radius 1 is 0.672 bits per heavy atom. The molecule has 0 saturated carbocycles. The number of nitrogens with one attached hydrogen (secondary N) is 5. The lowest BCUT2D eigenvalue weighted by Crippen LogP contribution is -2.32. The van der Waals surface area contributed by atoms with Gasteiger partial charge in [-0.05, 0) is 70.0 Å². The second-order valence-electron chi connectivity index (χ2n) is 12.9. The molecule has 0 bridgehead atoms. The zero-order chi connectivity index (χ0) is 46.6. The van der Waals surface area contributed by atoms with Gasteiger partial charge in [0, 0.05) is 39.2 Å². The molecule has 0 unspecified atom stereocenters. The predicted octanol–water partition coefficient (Wildman–Crippen LogP) is 5.31. The number of aliphatic hydroxyl groups excluding tert-OH is 1. The predicted molar refractivity (Wildman–Crippen MR) is 241 cm³/mol. The van der Waals surface area contributed by atoms with Crippen LogP contribution in [-0.4, -0.2) is 139 Å². The second-order valence-corrected chi connectivity index (χ2v) is 12.9. The van der Waals surface area contributed by atoms with Gasteiger partial charge < -0.3 is 60.6 Å². The standard InChI is InChI=1S/C22H35NO4.C17H33N3O7.C2H5N.C2H6.CH4O/c1-3-11-18(2)23-21(24)12-9-7-5-4-6-8-10-17-27-20-15-13-19(14-16-20)22(25)26;1-2-3-4-19-16(22)13-26-12-10-25-8-6-20-17(23)14-27-11-9-24-7-5-18-15-21;1-2-3;2*1-2/h13-16,18H,3-12,17H2,1-2H3,(H,23,24)(H,25,26);15H,2-14H2,1H3,(H,18,21)(H,19,22)(H,20,23);2-3H,1H3;1-2H3;2H,1H3/t18-;;;;/m1..../s1. The number of carboxylic acids is 1. The molecule has 0 aliphatic carbocycles. The summed E-state index contributed by atoms with van der Waals surface area (Å²) in [6, 6.07) is 6.80. The zero-order valence-electron chi connectivity index (χ0n) is 38.5. The van der Waals surface area contributed by atoms with Crippen LogP contribution >= 0.6 is 0 Å². The zero-order valence-corrected chi connectivity index (χ0v) is 38.5. The lowest BCUT2D eigenvalue weighted by atomic mass is 10.1. The van der Waals surface area contributed by atoms with E-state index in [-0.39, 0.29) is 36.5 Å². The number of aromatic carboxylic acids is 1. The molecular formula is C44H83N5O12. The van der Waals surface area contributed by atoms with Crippen LogP contribution in [0.2, 0.25) is 0 Å². The van der Waals surface area contributed by atoms with Crippen LogP contribution in [0.5, 0.6) is 5.75 Å². The van der Waals surface area contributed by atoms with Gasteiger partial charge in [0.2, 0.25) is 24.1 Å². The number of benzene rings is 1. The maximum atomic E-state index is 11.8. The van der Waals surface area contributed by atoms with Crippen molar-refractivity contribution >= 4 is 36.3 Å². The summed E-state index contributed by atoms with van der Waals surface area (Å²) < 4.78 is 26.4. The number of carbonyl (C=O) groups excluding carboxylic acids is 4. The Labute approximate surface area is 366 Å². The fourth-order valence-corrected chi connectivity index (χ4v) is 4.74. The van der Waals surface area contributed by atoms with Crippen LogP contribution in [0.4, 0.5) is 0 Å². The minimum Gasteiger partial charge on any atom is -0.494 e. The van der Waals surface area contributed by atoms with Crippen molar-refractivity contribution in [2.75, 3.05) is 86.2 Å². The molecule has 1 rings (SSSR count). The molecule has 61 heavy (non-hydrogen) atoms. The number of unbranched alkanes of at least 4 members (excludes halogenated alkanes) is 7. The van der Waals surface area contributed by atoms with Gasteiger partial charge >= 0.3 is 5.97 Å². The minimum absolute atomic E-state index is 0.0263. The van der Waals surface area contributed by atoms with Gasteiger partial charge in [-0.3, -0.25) is 19.2 Å². The normalized spacial score (nSPS) is 10.2. The van der Waals surface area contributed by atoms with E-state index >= 15 is 0 Å². The molecule has 0 heterocycles. The van der Waals surface area contributed by atoms with Crippen LogP contribution in [0.1, 0.15) is 129 Å². The number of ether oxygens (including phenoxy) is 5. The highest BCUT2D eigenvalue weighted by Gasteiger charge is 2.06. The van der Waals surface area contributed by atoms with E-state index in [2.05, 4.69) is 42.0 Å². The van der Waals surface area contributed by atoms with E-state index in [9.17, 15) is 24.0 Å². The molecule has 0 fully saturated rings. The monoisotopic (exact) mass is 874 g/mol. The average molecular weight is 874 g/mol. The summed E-state index contributed by atoms with van der Waals surface area (Å²) in [4.78, 5) is 55.4. The molecule has 1 aromatic carbocycles. The van der Waals surface area contributed by atoms with Gasteiger partial charge in [0.1, 0.15) is 19.0 Å². The number of amides is 4. The molecule has 356 valence electrons. The summed E-state index contributed by atoms with van der Waals surface area (Å²) in [7, 11) is 1.00. The van der Waals surface area contributed by atoms with E-state index < -0.39 is 5.97 Å². The first kappa shape index (κ1) is 63.5. The molecular weight excluding hydrogens is 791 g/mol. The third-order valence-corrected chi connectivity index (χ3v) is 7.65. The first-order chi connectivity index (χ1) is 29.6. The van der Waals surface area contributed by atoms with Crippen molar-refractivity contribution < 1.29 is 57.9 Å². The van der Waals surface area contributed by atoms with E-state index in [1.54, 1.807) is 31.2 Å². The second kappa shape index (κ2) is 53.9. The fourth-order valence-electron chi connectivity index (χ4n) is 4.74. The molecule has 17 heteroatoms. The maximum Gasteiger partial charge on any atom is 0.335 e. The molecule has 1 aromatic rings. The maximum absolute atomic E-state index is 11.8. The Kier molecular flexibility index (Phi) is 56.0. The summed E-state index contributed by atoms with van der Waals surface area (Å²) in [6.07, 6.45) is 14.4. The molecule has 1 atom stereocenters. The van der Waals surface area contributed by atoms with Crippen LogP contribution < -0.4 is 26.0 Å². The number of hydrogen-bond acceptors (Lipinski definition) is 12. The van der Waals surface area contributed by atoms with E-state index in [1.807, 2.05) is 13.8 Å².